The number of halogens is 1. The van der Waals surface area contributed by atoms with Crippen LogP contribution in [0.1, 0.15) is 103 Å². The summed E-state index contributed by atoms with van der Waals surface area (Å²) in [5.74, 6) is -2.78. The van der Waals surface area contributed by atoms with Crippen molar-refractivity contribution in [2.75, 3.05) is 6.54 Å². The molecule has 51 heavy (non-hydrogen) atoms. The van der Waals surface area contributed by atoms with Gasteiger partial charge in [0.05, 0.1) is 18.3 Å². The number of rotatable bonds is 5. The number of amides is 5. The fourth-order valence-corrected chi connectivity index (χ4v) is 8.79. The van der Waals surface area contributed by atoms with Gasteiger partial charge >= 0.3 is 12.2 Å². The molecule has 6 rings (SSSR count). The molecule has 0 unspecified atom stereocenters. The fraction of sp³-hybridized carbons (Fsp3) is 0.686. The Kier molecular flexibility index (Phi) is 10.3. The molecule has 2 saturated carbocycles. The Morgan fingerprint density at radius 2 is 1.71 bits per heavy atom. The molecule has 5 amide bonds. The maximum atomic E-state index is 14.4. The Balaban J connectivity index is 1.24. The molecule has 2 saturated heterocycles. The highest BCUT2D eigenvalue weighted by molar-refractivity contribution is 7.91. The van der Waals surface area contributed by atoms with Crippen molar-refractivity contribution in [3.05, 3.63) is 35.1 Å². The highest BCUT2D eigenvalue weighted by Crippen LogP contribution is 2.48. The van der Waals surface area contributed by atoms with Gasteiger partial charge in [-0.15, -0.1) is 0 Å². The lowest BCUT2D eigenvalue weighted by molar-refractivity contribution is -0.141. The van der Waals surface area contributed by atoms with Crippen LogP contribution in [0, 0.1) is 11.7 Å². The van der Waals surface area contributed by atoms with Crippen LogP contribution in [0.5, 0.6) is 0 Å². The molecule has 1 aromatic rings. The highest BCUT2D eigenvalue weighted by atomic mass is 32.2. The van der Waals surface area contributed by atoms with Crippen molar-refractivity contribution in [2.45, 2.75) is 139 Å². The van der Waals surface area contributed by atoms with Crippen LogP contribution in [0.15, 0.2) is 18.2 Å². The molecule has 3 aliphatic heterocycles. The number of nitrogens with zero attached hydrogens (tertiary/aromatic N) is 2. The fourth-order valence-electron chi connectivity index (χ4n) is 7.43. The normalized spacial score (nSPS) is 28.6. The Labute approximate surface area is 297 Å². The van der Waals surface area contributed by atoms with E-state index < -0.39 is 80.3 Å². The van der Waals surface area contributed by atoms with Gasteiger partial charge in [-0.3, -0.25) is 24.0 Å². The van der Waals surface area contributed by atoms with Gasteiger partial charge in [0.25, 0.3) is 5.91 Å². The van der Waals surface area contributed by atoms with Crippen molar-refractivity contribution in [3.8, 4) is 0 Å². The molecule has 4 fully saturated rings. The van der Waals surface area contributed by atoms with Crippen molar-refractivity contribution in [2.24, 2.45) is 5.92 Å². The van der Waals surface area contributed by atoms with Gasteiger partial charge < -0.3 is 25.0 Å². The van der Waals surface area contributed by atoms with Gasteiger partial charge in [-0.2, -0.15) is 0 Å². The summed E-state index contributed by atoms with van der Waals surface area (Å²) in [6.45, 7) is 5.06. The van der Waals surface area contributed by atoms with E-state index in [-0.39, 0.29) is 44.8 Å². The molecule has 280 valence electrons. The van der Waals surface area contributed by atoms with E-state index in [0.29, 0.717) is 36.8 Å². The van der Waals surface area contributed by atoms with Crippen LogP contribution in [-0.2, 0) is 47.0 Å². The number of hydrogen-bond donors (Lipinski definition) is 3. The zero-order chi connectivity index (χ0) is 36.7. The van der Waals surface area contributed by atoms with E-state index in [1.165, 1.54) is 15.9 Å². The van der Waals surface area contributed by atoms with Crippen molar-refractivity contribution >= 4 is 39.9 Å². The molecule has 2 aliphatic carbocycles. The molecule has 5 aliphatic rings. The largest absolute Gasteiger partial charge is 0.444 e. The molecule has 1 aromatic carbocycles. The van der Waals surface area contributed by atoms with Crippen molar-refractivity contribution < 1.29 is 46.3 Å². The van der Waals surface area contributed by atoms with E-state index in [4.69, 9.17) is 9.47 Å². The SMILES string of the molecule is CC(C)(C)OC(=O)N[C@H]1CCCCCCC[C@@H]2C[C@@]2(C(=O)NS(=O)(=O)C2CC2)NC(=O)[C@@H]2C[C@@H](OC(=O)N3Cc4cccc(F)c4C3)CN2C1=O. The van der Waals surface area contributed by atoms with Gasteiger partial charge in [0.15, 0.2) is 0 Å². The number of ether oxygens (including phenoxy) is 2. The number of sulfonamides is 1. The maximum absolute atomic E-state index is 14.4. The number of fused-ring (bicyclic) bond motifs is 3. The van der Waals surface area contributed by atoms with Crippen molar-refractivity contribution in [1.29, 1.82) is 0 Å². The van der Waals surface area contributed by atoms with Crippen LogP contribution in [0.25, 0.3) is 0 Å². The third kappa shape index (κ3) is 8.41. The van der Waals surface area contributed by atoms with Crippen LogP contribution < -0.4 is 15.4 Å². The molecular weight excluding hydrogens is 685 g/mol. The third-order valence-electron chi connectivity index (χ3n) is 10.4. The summed E-state index contributed by atoms with van der Waals surface area (Å²) >= 11 is 0. The second-order valence-corrected chi connectivity index (χ2v) is 17.5. The first-order chi connectivity index (χ1) is 24.1. The molecule has 3 heterocycles. The smallest absolute Gasteiger partial charge is 0.410 e. The summed E-state index contributed by atoms with van der Waals surface area (Å²) in [5, 5.41) is 4.87. The monoisotopic (exact) mass is 733 g/mol. The summed E-state index contributed by atoms with van der Waals surface area (Å²) in [7, 11) is -3.89. The first-order valence-electron chi connectivity index (χ1n) is 18.0. The van der Waals surface area contributed by atoms with Gasteiger partial charge in [0, 0.05) is 18.5 Å². The summed E-state index contributed by atoms with van der Waals surface area (Å²) in [4.78, 5) is 70.9. The third-order valence-corrected chi connectivity index (χ3v) is 12.2. The topological polar surface area (TPSA) is 181 Å². The van der Waals surface area contributed by atoms with E-state index in [9.17, 15) is 36.8 Å². The minimum absolute atomic E-state index is 0.00475. The van der Waals surface area contributed by atoms with Crippen LogP contribution in [0.4, 0.5) is 14.0 Å². The van der Waals surface area contributed by atoms with E-state index >= 15 is 0 Å². The van der Waals surface area contributed by atoms with Gasteiger partial charge in [0.2, 0.25) is 21.8 Å². The molecule has 0 bridgehead atoms. The molecular formula is C35H48FN5O9S. The molecule has 0 aromatic heterocycles. The van der Waals surface area contributed by atoms with E-state index in [1.807, 2.05) is 0 Å². The van der Waals surface area contributed by atoms with E-state index in [1.54, 1.807) is 32.9 Å². The molecule has 0 radical (unpaired) electrons. The number of carbonyl (C=O) groups excluding carboxylic acids is 5. The second kappa shape index (κ2) is 14.2. The van der Waals surface area contributed by atoms with Gasteiger partial charge in [-0.05, 0) is 70.4 Å². The van der Waals surface area contributed by atoms with E-state index in [2.05, 4.69) is 15.4 Å². The van der Waals surface area contributed by atoms with Crippen molar-refractivity contribution in [3.63, 3.8) is 0 Å². The lowest BCUT2D eigenvalue weighted by Crippen LogP contribution is -2.58. The van der Waals surface area contributed by atoms with Gasteiger partial charge in [-0.25, -0.2) is 22.4 Å². The minimum Gasteiger partial charge on any atom is -0.444 e. The average Bonchev–Trinajstić information content (AvgIpc) is 3.93. The predicted octanol–water partition coefficient (Wildman–Crippen LogP) is 3.37. The standard InChI is InChI=1S/C35H48FN5O9S/c1-34(2,3)50-32(45)37-27-13-8-6-4-5-7-11-22-17-35(22,31(44)39-51(47,48)24-14-15-24)38-29(42)28-16-23(19-41(28)30(27)43)49-33(46)40-18-21-10-9-12-26(36)25(21)20-40/h9-10,12,22-24,27-28H,4-8,11,13-20H2,1-3H3,(H,37,45)(H,38,42)(H,39,44)/t22-,23-,27+,28+,35-/m1/s1. The zero-order valence-electron chi connectivity index (χ0n) is 29.4. The van der Waals surface area contributed by atoms with Crippen LogP contribution in [0.2, 0.25) is 0 Å². The molecule has 14 nitrogen and oxygen atoms in total. The number of benzene rings is 1. The first kappa shape index (κ1) is 36.8. The molecule has 16 heteroatoms. The molecule has 5 atom stereocenters. The Morgan fingerprint density at radius 1 is 1.00 bits per heavy atom. The van der Waals surface area contributed by atoms with E-state index in [0.717, 1.165) is 25.7 Å². The lowest BCUT2D eigenvalue weighted by Gasteiger charge is -2.30. The Bertz CT molecular complexity index is 1680. The Morgan fingerprint density at radius 3 is 2.39 bits per heavy atom. The lowest BCUT2D eigenvalue weighted by atomic mass is 10.0. The summed E-state index contributed by atoms with van der Waals surface area (Å²) in [6, 6.07) is 2.35. The van der Waals surface area contributed by atoms with Crippen LogP contribution in [0.3, 0.4) is 0 Å². The first-order valence-corrected chi connectivity index (χ1v) is 19.5. The number of nitrogens with one attached hydrogen (secondary N) is 3. The summed E-state index contributed by atoms with van der Waals surface area (Å²) in [5.41, 5.74) is -1.25. The zero-order valence-corrected chi connectivity index (χ0v) is 30.2. The van der Waals surface area contributed by atoms with Gasteiger partial charge in [-0.1, -0.05) is 44.2 Å². The average molecular weight is 734 g/mol. The quantitative estimate of drug-likeness (QED) is 0.409. The Hall–Kier alpha value is -3.95. The second-order valence-electron chi connectivity index (χ2n) is 15.6. The van der Waals surface area contributed by atoms with Gasteiger partial charge in [0.1, 0.15) is 35.1 Å². The summed E-state index contributed by atoms with van der Waals surface area (Å²) in [6.07, 6.45) is 3.30. The van der Waals surface area contributed by atoms with Crippen LogP contribution >= 0.6 is 0 Å². The number of alkyl carbamates (subject to hydrolysis) is 1. The highest BCUT2D eigenvalue weighted by Gasteiger charge is 2.62. The number of carbonyl (C=O) groups is 5. The number of hydrogen-bond acceptors (Lipinski definition) is 9. The molecule has 3 N–H and O–H groups in total. The van der Waals surface area contributed by atoms with Crippen LogP contribution in [-0.4, -0.2) is 89.2 Å². The maximum Gasteiger partial charge on any atom is 0.410 e. The summed E-state index contributed by atoms with van der Waals surface area (Å²) < 4.78 is 53.4. The minimum atomic E-state index is -3.89. The van der Waals surface area contributed by atoms with Crippen molar-refractivity contribution in [1.82, 2.24) is 25.2 Å². The predicted molar refractivity (Wildman–Crippen MR) is 181 cm³/mol. The molecule has 0 spiro atoms.